The molecule has 142 valence electrons. The van der Waals surface area contributed by atoms with Crippen molar-refractivity contribution in [3.05, 3.63) is 35.9 Å². The number of aliphatic hydroxyl groups is 1. The number of hydrogen-bond acceptors (Lipinski definition) is 5. The molecule has 26 heavy (non-hydrogen) atoms. The van der Waals surface area contributed by atoms with E-state index >= 15 is 0 Å². The summed E-state index contributed by atoms with van der Waals surface area (Å²) in [5.41, 5.74) is 1.01. The van der Waals surface area contributed by atoms with Crippen molar-refractivity contribution in [1.82, 2.24) is 10.2 Å². The molecule has 0 spiro atoms. The maximum Gasteiger partial charge on any atom is 0.255 e. The predicted octanol–water partition coefficient (Wildman–Crippen LogP) is 0.662. The van der Waals surface area contributed by atoms with Crippen molar-refractivity contribution in [2.75, 3.05) is 13.2 Å². The summed E-state index contributed by atoms with van der Waals surface area (Å²) in [6, 6.07) is 9.31. The van der Waals surface area contributed by atoms with Gasteiger partial charge in [-0.1, -0.05) is 44.2 Å². The van der Waals surface area contributed by atoms with Crippen LogP contribution < -0.4 is 5.32 Å². The number of nitrogens with zero attached hydrogens (tertiary/aromatic N) is 1. The second-order valence-electron chi connectivity index (χ2n) is 7.26. The van der Waals surface area contributed by atoms with Crippen molar-refractivity contribution < 1.29 is 24.2 Å². The van der Waals surface area contributed by atoms with Crippen molar-refractivity contribution >= 4 is 11.8 Å². The Bertz CT molecular complexity index is 636. The fourth-order valence-electron chi connectivity index (χ4n) is 3.40. The molecule has 2 aliphatic rings. The van der Waals surface area contributed by atoms with Crippen LogP contribution >= 0.6 is 0 Å². The number of carbonyl (C=O) groups excluding carboxylic acids is 2. The van der Waals surface area contributed by atoms with E-state index in [9.17, 15) is 14.7 Å². The van der Waals surface area contributed by atoms with Crippen LogP contribution in [0.15, 0.2) is 30.3 Å². The number of hydrogen-bond donors (Lipinski definition) is 2. The molecule has 1 aromatic rings. The lowest BCUT2D eigenvalue weighted by molar-refractivity contribution is -0.162. The lowest BCUT2D eigenvalue weighted by atomic mass is 10.0. The lowest BCUT2D eigenvalue weighted by Crippen LogP contribution is -2.52. The van der Waals surface area contributed by atoms with Gasteiger partial charge in [-0.05, 0) is 17.9 Å². The molecule has 0 unspecified atom stereocenters. The molecule has 4 atom stereocenters. The Labute approximate surface area is 153 Å². The van der Waals surface area contributed by atoms with Gasteiger partial charge in [0.2, 0.25) is 0 Å². The molecule has 2 amide bonds. The first-order chi connectivity index (χ1) is 12.5. The molecule has 2 fully saturated rings. The van der Waals surface area contributed by atoms with E-state index in [1.807, 2.05) is 44.2 Å². The first-order valence-electron chi connectivity index (χ1n) is 9.02. The summed E-state index contributed by atoms with van der Waals surface area (Å²) in [6.45, 7) is 4.63. The van der Waals surface area contributed by atoms with Crippen LogP contribution in [0.1, 0.15) is 25.8 Å². The SMILES string of the molecule is CC(C)C[C@H](CO)NC(=O)[C@@H]1O[C@H]2CN(Cc3ccccc3)C(=O)[C@@H]1O2. The van der Waals surface area contributed by atoms with Gasteiger partial charge in [0.05, 0.1) is 19.2 Å². The molecule has 0 aliphatic carbocycles. The molecule has 2 N–H and O–H groups in total. The van der Waals surface area contributed by atoms with Crippen LogP contribution in [-0.4, -0.2) is 59.5 Å². The largest absolute Gasteiger partial charge is 0.394 e. The van der Waals surface area contributed by atoms with E-state index in [1.165, 1.54) is 0 Å². The molecule has 2 bridgehead atoms. The number of carbonyl (C=O) groups is 2. The van der Waals surface area contributed by atoms with Crippen molar-refractivity contribution in [2.24, 2.45) is 5.92 Å². The van der Waals surface area contributed by atoms with Crippen molar-refractivity contribution in [3.8, 4) is 0 Å². The second-order valence-corrected chi connectivity index (χ2v) is 7.26. The number of benzene rings is 1. The van der Waals surface area contributed by atoms with Crippen molar-refractivity contribution in [1.29, 1.82) is 0 Å². The minimum absolute atomic E-state index is 0.153. The highest BCUT2D eigenvalue weighted by molar-refractivity contribution is 5.92. The van der Waals surface area contributed by atoms with E-state index < -0.39 is 24.4 Å². The van der Waals surface area contributed by atoms with Gasteiger partial charge in [-0.15, -0.1) is 0 Å². The van der Waals surface area contributed by atoms with Gasteiger partial charge in [-0.2, -0.15) is 0 Å². The Morgan fingerprint density at radius 1 is 1.31 bits per heavy atom. The fraction of sp³-hybridized carbons (Fsp3) is 0.579. The topological polar surface area (TPSA) is 88.1 Å². The van der Waals surface area contributed by atoms with Crippen LogP contribution in [0.2, 0.25) is 0 Å². The summed E-state index contributed by atoms with van der Waals surface area (Å²) in [5.74, 6) is -0.324. The summed E-state index contributed by atoms with van der Waals surface area (Å²) < 4.78 is 11.2. The van der Waals surface area contributed by atoms with Crippen molar-refractivity contribution in [2.45, 2.75) is 51.4 Å². The third kappa shape index (κ3) is 4.23. The molecule has 0 saturated carbocycles. The number of nitrogens with one attached hydrogen (secondary N) is 1. The standard InChI is InChI=1S/C19H26N2O5/c1-12(2)8-14(11-22)20-18(23)16-17-19(24)21(10-15(25-16)26-17)9-13-6-4-3-5-7-13/h3-7,12,14-17,22H,8-11H2,1-2H3,(H,20,23)/t14-,15-,16-,17-/m1/s1. The zero-order valence-electron chi connectivity index (χ0n) is 15.1. The maximum absolute atomic E-state index is 12.7. The number of amides is 2. The second kappa shape index (κ2) is 8.16. The van der Waals surface area contributed by atoms with E-state index in [2.05, 4.69) is 5.32 Å². The molecule has 2 aliphatic heterocycles. The molecule has 3 rings (SSSR count). The number of aliphatic hydroxyl groups excluding tert-OH is 1. The Morgan fingerprint density at radius 2 is 2.04 bits per heavy atom. The molecule has 7 nitrogen and oxygen atoms in total. The molecule has 7 heteroatoms. The minimum Gasteiger partial charge on any atom is -0.394 e. The Balaban J connectivity index is 1.63. The third-order valence-corrected chi connectivity index (χ3v) is 4.59. The quantitative estimate of drug-likeness (QED) is 0.744. The zero-order valence-corrected chi connectivity index (χ0v) is 15.1. The van der Waals surface area contributed by atoms with Crippen LogP contribution in [-0.2, 0) is 25.6 Å². The van der Waals surface area contributed by atoms with Gasteiger partial charge in [-0.25, -0.2) is 0 Å². The van der Waals surface area contributed by atoms with Crippen LogP contribution in [0.3, 0.4) is 0 Å². The Kier molecular flexibility index (Phi) is 5.90. The summed E-state index contributed by atoms with van der Waals surface area (Å²) >= 11 is 0. The lowest BCUT2D eigenvalue weighted by Gasteiger charge is -2.30. The number of fused-ring (bicyclic) bond motifs is 2. The smallest absolute Gasteiger partial charge is 0.255 e. The van der Waals surface area contributed by atoms with Gasteiger partial charge >= 0.3 is 0 Å². The van der Waals surface area contributed by atoms with Crippen LogP contribution in [0.25, 0.3) is 0 Å². The van der Waals surface area contributed by atoms with Crippen LogP contribution in [0.4, 0.5) is 0 Å². The van der Waals surface area contributed by atoms with Gasteiger partial charge in [0.25, 0.3) is 11.8 Å². The molecule has 1 aromatic carbocycles. The molecule has 2 saturated heterocycles. The van der Waals surface area contributed by atoms with Crippen molar-refractivity contribution in [3.63, 3.8) is 0 Å². The summed E-state index contributed by atoms with van der Waals surface area (Å²) in [5, 5.41) is 12.2. The van der Waals surface area contributed by atoms with E-state index in [1.54, 1.807) is 4.90 Å². The summed E-state index contributed by atoms with van der Waals surface area (Å²) in [6.07, 6.45) is -1.86. The van der Waals surface area contributed by atoms with E-state index in [0.29, 0.717) is 25.4 Å². The fourth-order valence-corrected chi connectivity index (χ4v) is 3.40. The van der Waals surface area contributed by atoms with Gasteiger partial charge in [0.1, 0.15) is 0 Å². The average Bonchev–Trinajstić information content (AvgIpc) is 2.99. The molecule has 0 radical (unpaired) electrons. The van der Waals surface area contributed by atoms with Crippen LogP contribution in [0, 0.1) is 5.92 Å². The third-order valence-electron chi connectivity index (χ3n) is 4.59. The van der Waals surface area contributed by atoms with E-state index in [-0.39, 0.29) is 18.6 Å². The highest BCUT2D eigenvalue weighted by Crippen LogP contribution is 2.28. The predicted molar refractivity (Wildman–Crippen MR) is 93.9 cm³/mol. The van der Waals surface area contributed by atoms with Gasteiger partial charge < -0.3 is 24.8 Å². The monoisotopic (exact) mass is 362 g/mol. The Morgan fingerprint density at radius 3 is 2.69 bits per heavy atom. The highest BCUT2D eigenvalue weighted by atomic mass is 16.7. The number of ether oxygens (including phenoxy) is 2. The Hall–Kier alpha value is -1.96. The van der Waals surface area contributed by atoms with Gasteiger partial charge in [-0.3, -0.25) is 9.59 Å². The average molecular weight is 362 g/mol. The first-order valence-corrected chi connectivity index (χ1v) is 9.02. The summed E-state index contributed by atoms with van der Waals surface area (Å²) in [7, 11) is 0. The highest BCUT2D eigenvalue weighted by Gasteiger charge is 2.51. The molecule has 0 aromatic heterocycles. The normalized spacial score (nSPS) is 26.2. The van der Waals surface area contributed by atoms with Gasteiger partial charge in [0, 0.05) is 6.54 Å². The van der Waals surface area contributed by atoms with E-state index in [0.717, 1.165) is 5.56 Å². The zero-order chi connectivity index (χ0) is 18.7. The number of rotatable bonds is 7. The molecular formula is C19H26N2O5. The maximum atomic E-state index is 12.7. The van der Waals surface area contributed by atoms with Crippen LogP contribution in [0.5, 0.6) is 0 Å². The molecule has 2 heterocycles. The summed E-state index contributed by atoms with van der Waals surface area (Å²) in [4.78, 5) is 26.9. The minimum atomic E-state index is -0.977. The molecular weight excluding hydrogens is 336 g/mol. The number of morpholine rings is 1. The van der Waals surface area contributed by atoms with Gasteiger partial charge in [0.15, 0.2) is 18.5 Å². The first kappa shape index (κ1) is 18.8. The van der Waals surface area contributed by atoms with E-state index in [4.69, 9.17) is 9.47 Å².